The van der Waals surface area contributed by atoms with Gasteiger partial charge in [0.1, 0.15) is 0 Å². The Hall–Kier alpha value is -1.10. The van der Waals surface area contributed by atoms with Crippen molar-refractivity contribution in [2.24, 2.45) is 11.8 Å². The lowest BCUT2D eigenvalue weighted by Gasteiger charge is -2.25. The molecule has 1 amide bonds. The van der Waals surface area contributed by atoms with E-state index < -0.39 is 5.97 Å². The van der Waals surface area contributed by atoms with Crippen molar-refractivity contribution in [3.8, 4) is 0 Å². The van der Waals surface area contributed by atoms with E-state index in [-0.39, 0.29) is 23.8 Å². The minimum absolute atomic E-state index is 0.0770. The summed E-state index contributed by atoms with van der Waals surface area (Å²) in [4.78, 5) is 25.1. The Bertz CT molecular complexity index is 331. The third-order valence-electron chi connectivity index (χ3n) is 3.90. The number of hydrogen-bond donors (Lipinski definition) is 1. The van der Waals surface area contributed by atoms with Crippen LogP contribution in [0.25, 0.3) is 0 Å². The lowest BCUT2D eigenvalue weighted by molar-refractivity contribution is -0.141. The van der Waals surface area contributed by atoms with Crippen molar-refractivity contribution in [2.45, 2.75) is 38.7 Å². The maximum Gasteiger partial charge on any atom is 0.306 e. The molecule has 2 fully saturated rings. The topological polar surface area (TPSA) is 66.8 Å². The predicted octanol–water partition coefficient (Wildman–Crippen LogP) is 1.12. The first-order chi connectivity index (χ1) is 8.58. The van der Waals surface area contributed by atoms with Gasteiger partial charge in [-0.05, 0) is 32.6 Å². The molecule has 0 spiro atoms. The molecule has 0 aromatic carbocycles. The number of amides is 1. The quantitative estimate of drug-likeness (QED) is 0.803. The fraction of sp³-hybridized carbons (Fsp3) is 0.846. The van der Waals surface area contributed by atoms with Crippen LogP contribution in [-0.2, 0) is 14.3 Å². The highest BCUT2D eigenvalue weighted by molar-refractivity contribution is 5.81. The highest BCUT2D eigenvalue weighted by Gasteiger charge is 2.36. The van der Waals surface area contributed by atoms with Crippen molar-refractivity contribution in [2.75, 3.05) is 19.7 Å². The minimum Gasteiger partial charge on any atom is -0.481 e. The summed E-state index contributed by atoms with van der Waals surface area (Å²) in [7, 11) is 0. The molecule has 1 aliphatic heterocycles. The number of nitrogens with zero attached hydrogens (tertiary/aromatic N) is 1. The van der Waals surface area contributed by atoms with Gasteiger partial charge >= 0.3 is 5.97 Å². The van der Waals surface area contributed by atoms with Gasteiger partial charge in [0.15, 0.2) is 0 Å². The number of carboxylic acid groups (broad SMARTS) is 1. The summed E-state index contributed by atoms with van der Waals surface area (Å²) in [6, 6.07) is 0. The summed E-state index contributed by atoms with van der Waals surface area (Å²) in [6.45, 7) is 4.04. The summed E-state index contributed by atoms with van der Waals surface area (Å²) in [5.74, 6) is -1.08. The van der Waals surface area contributed by atoms with E-state index in [0.29, 0.717) is 32.4 Å². The summed E-state index contributed by atoms with van der Waals surface area (Å²) in [5, 5.41) is 8.97. The van der Waals surface area contributed by atoms with Gasteiger partial charge < -0.3 is 14.7 Å². The molecule has 1 unspecified atom stereocenters. The molecule has 5 heteroatoms. The van der Waals surface area contributed by atoms with Gasteiger partial charge in [-0.25, -0.2) is 0 Å². The number of carbonyl (C=O) groups is 2. The van der Waals surface area contributed by atoms with E-state index in [4.69, 9.17) is 9.84 Å². The molecular formula is C13H21NO4. The summed E-state index contributed by atoms with van der Waals surface area (Å²) < 4.78 is 5.52. The zero-order chi connectivity index (χ0) is 13.1. The first kappa shape index (κ1) is 13.3. The number of aliphatic carboxylic acids is 1. The lowest BCUT2D eigenvalue weighted by atomic mass is 10.0. The van der Waals surface area contributed by atoms with Crippen molar-refractivity contribution in [1.29, 1.82) is 0 Å². The third-order valence-corrected chi connectivity index (χ3v) is 3.90. The molecule has 0 aromatic rings. The molecule has 3 atom stereocenters. The Morgan fingerprint density at radius 2 is 2.00 bits per heavy atom. The largest absolute Gasteiger partial charge is 0.481 e. The van der Waals surface area contributed by atoms with Gasteiger partial charge in [-0.1, -0.05) is 0 Å². The Morgan fingerprint density at radius 1 is 1.28 bits per heavy atom. The normalized spacial score (nSPS) is 33.2. The van der Waals surface area contributed by atoms with Crippen LogP contribution in [0.5, 0.6) is 0 Å². The van der Waals surface area contributed by atoms with Gasteiger partial charge in [-0.15, -0.1) is 0 Å². The van der Waals surface area contributed by atoms with Crippen LogP contribution >= 0.6 is 0 Å². The zero-order valence-electron chi connectivity index (χ0n) is 10.8. The second-order valence-electron chi connectivity index (χ2n) is 5.36. The Balaban J connectivity index is 1.92. The van der Waals surface area contributed by atoms with Gasteiger partial charge in [-0.3, -0.25) is 9.59 Å². The molecule has 2 rings (SSSR count). The van der Waals surface area contributed by atoms with Crippen LogP contribution in [0.4, 0.5) is 0 Å². The average Bonchev–Trinajstić information content (AvgIpc) is 2.72. The fourth-order valence-corrected chi connectivity index (χ4v) is 2.88. The minimum atomic E-state index is -0.766. The number of ether oxygens (including phenoxy) is 1. The molecule has 1 saturated carbocycles. The molecule has 102 valence electrons. The van der Waals surface area contributed by atoms with E-state index in [2.05, 4.69) is 0 Å². The lowest BCUT2D eigenvalue weighted by Crippen LogP contribution is -2.39. The van der Waals surface area contributed by atoms with E-state index in [1.165, 1.54) is 0 Å². The molecule has 1 aliphatic carbocycles. The number of hydrogen-bond acceptors (Lipinski definition) is 3. The predicted molar refractivity (Wildman–Crippen MR) is 65.1 cm³/mol. The fourth-order valence-electron chi connectivity index (χ4n) is 2.88. The van der Waals surface area contributed by atoms with Crippen LogP contribution in [0, 0.1) is 11.8 Å². The van der Waals surface area contributed by atoms with Crippen LogP contribution in [-0.4, -0.2) is 47.7 Å². The molecule has 1 N–H and O–H groups in total. The van der Waals surface area contributed by atoms with Crippen LogP contribution in [0.3, 0.4) is 0 Å². The molecule has 18 heavy (non-hydrogen) atoms. The van der Waals surface area contributed by atoms with Crippen LogP contribution in [0.15, 0.2) is 0 Å². The van der Waals surface area contributed by atoms with Crippen molar-refractivity contribution < 1.29 is 19.4 Å². The van der Waals surface area contributed by atoms with E-state index >= 15 is 0 Å². The van der Waals surface area contributed by atoms with Gasteiger partial charge in [-0.2, -0.15) is 0 Å². The van der Waals surface area contributed by atoms with E-state index in [9.17, 15) is 9.59 Å². The highest BCUT2D eigenvalue weighted by Crippen LogP contribution is 2.32. The molecule has 1 heterocycles. The average molecular weight is 255 g/mol. The zero-order valence-corrected chi connectivity index (χ0v) is 10.8. The van der Waals surface area contributed by atoms with Crippen molar-refractivity contribution in [3.63, 3.8) is 0 Å². The molecule has 2 aliphatic rings. The monoisotopic (exact) mass is 255 g/mol. The molecular weight excluding hydrogens is 234 g/mol. The Kier molecular flexibility index (Phi) is 4.22. The molecule has 0 aromatic heterocycles. The maximum absolute atomic E-state index is 12.3. The number of carbonyl (C=O) groups excluding carboxylic acids is 1. The summed E-state index contributed by atoms with van der Waals surface area (Å²) in [5.41, 5.74) is 0. The standard InChI is InChI=1S/C13H21NO4/c1-9-8-14(5-2-6-18-9)12(15)10-3-4-11(7-10)13(16)17/h9-11H,2-8H2,1H3,(H,16,17)/t9?,10-,11+/m1/s1. The highest BCUT2D eigenvalue weighted by atomic mass is 16.5. The smallest absolute Gasteiger partial charge is 0.306 e. The van der Waals surface area contributed by atoms with Crippen molar-refractivity contribution in [1.82, 2.24) is 4.90 Å². The molecule has 5 nitrogen and oxygen atoms in total. The van der Waals surface area contributed by atoms with Crippen LogP contribution in [0.1, 0.15) is 32.6 Å². The summed E-state index contributed by atoms with van der Waals surface area (Å²) in [6.07, 6.45) is 2.78. The van der Waals surface area contributed by atoms with Gasteiger partial charge in [0, 0.05) is 25.6 Å². The van der Waals surface area contributed by atoms with Crippen molar-refractivity contribution >= 4 is 11.9 Å². The van der Waals surface area contributed by atoms with E-state index in [0.717, 1.165) is 13.0 Å². The summed E-state index contributed by atoms with van der Waals surface area (Å²) >= 11 is 0. The van der Waals surface area contributed by atoms with Gasteiger partial charge in [0.2, 0.25) is 5.91 Å². The van der Waals surface area contributed by atoms with E-state index in [1.807, 2.05) is 11.8 Å². The van der Waals surface area contributed by atoms with Crippen molar-refractivity contribution in [3.05, 3.63) is 0 Å². The number of carboxylic acids is 1. The van der Waals surface area contributed by atoms with Crippen LogP contribution in [0.2, 0.25) is 0 Å². The molecule has 0 radical (unpaired) electrons. The first-order valence-electron chi connectivity index (χ1n) is 6.71. The number of rotatable bonds is 2. The Labute approximate surface area is 107 Å². The van der Waals surface area contributed by atoms with Crippen LogP contribution < -0.4 is 0 Å². The first-order valence-corrected chi connectivity index (χ1v) is 6.71. The molecule has 1 saturated heterocycles. The molecule has 0 bridgehead atoms. The second-order valence-corrected chi connectivity index (χ2v) is 5.36. The Morgan fingerprint density at radius 3 is 2.67 bits per heavy atom. The third kappa shape index (κ3) is 3.02. The maximum atomic E-state index is 12.3. The van der Waals surface area contributed by atoms with Gasteiger partial charge in [0.05, 0.1) is 12.0 Å². The van der Waals surface area contributed by atoms with E-state index in [1.54, 1.807) is 0 Å². The van der Waals surface area contributed by atoms with Gasteiger partial charge in [0.25, 0.3) is 0 Å². The SMILES string of the molecule is CC1CN(C(=O)[C@@H]2CC[C@H](C(=O)O)C2)CCCO1. The second kappa shape index (κ2) is 5.69.